The van der Waals surface area contributed by atoms with Crippen LogP contribution in [0.1, 0.15) is 55.9 Å². The molecule has 210 valence electrons. The summed E-state index contributed by atoms with van der Waals surface area (Å²) in [6.45, 7) is 0.915. The molecule has 4 aromatic rings. The molecule has 2 aromatic carbocycles. The number of rotatable bonds is 6. The van der Waals surface area contributed by atoms with Crippen LogP contribution in [-0.2, 0) is 11.0 Å². The number of carboxylic acid groups (broad SMARTS) is 1. The number of carboxylic acids is 1. The molecule has 0 aliphatic carbocycles. The van der Waals surface area contributed by atoms with E-state index in [2.05, 4.69) is 9.97 Å². The van der Waals surface area contributed by atoms with Crippen LogP contribution < -0.4 is 0 Å². The fourth-order valence-electron chi connectivity index (χ4n) is 4.71. The molecule has 0 saturated carbocycles. The molecule has 5 rings (SSSR count). The fourth-order valence-corrected chi connectivity index (χ4v) is 5.68. The van der Waals surface area contributed by atoms with E-state index in [1.807, 2.05) is 0 Å². The zero-order valence-corrected chi connectivity index (χ0v) is 22.2. The molecule has 1 amide bonds. The minimum Gasteiger partial charge on any atom is -0.478 e. The average molecular weight is 581 g/mol. The van der Waals surface area contributed by atoms with Crippen molar-refractivity contribution in [2.24, 2.45) is 0 Å². The van der Waals surface area contributed by atoms with E-state index in [0.717, 1.165) is 23.2 Å². The molecular weight excluding hydrogens is 557 g/mol. The Bertz CT molecular complexity index is 1620. The second-order valence-corrected chi connectivity index (χ2v) is 10.3. The van der Waals surface area contributed by atoms with Crippen molar-refractivity contribution in [3.8, 4) is 11.1 Å². The number of halogens is 3. The molecular formula is C29H23F3N4O4S. The monoisotopic (exact) mass is 580 g/mol. The Morgan fingerprint density at radius 3 is 2.39 bits per heavy atom. The predicted molar refractivity (Wildman–Crippen MR) is 145 cm³/mol. The van der Waals surface area contributed by atoms with Gasteiger partial charge in [-0.3, -0.25) is 14.2 Å². The molecule has 0 spiro atoms. The van der Waals surface area contributed by atoms with E-state index in [0.29, 0.717) is 48.3 Å². The van der Waals surface area contributed by atoms with Gasteiger partial charge >= 0.3 is 12.1 Å². The van der Waals surface area contributed by atoms with Crippen LogP contribution in [0.3, 0.4) is 0 Å². The number of benzene rings is 2. The van der Waals surface area contributed by atoms with Gasteiger partial charge in [-0.2, -0.15) is 13.2 Å². The van der Waals surface area contributed by atoms with Crippen molar-refractivity contribution >= 4 is 35.2 Å². The summed E-state index contributed by atoms with van der Waals surface area (Å²) >= 11 is 1.35. The van der Waals surface area contributed by atoms with Crippen molar-refractivity contribution in [1.82, 2.24) is 19.4 Å². The van der Waals surface area contributed by atoms with E-state index >= 15 is 0 Å². The second-order valence-electron chi connectivity index (χ2n) is 9.42. The molecule has 0 radical (unpaired) electrons. The van der Waals surface area contributed by atoms with Crippen LogP contribution in [0.5, 0.6) is 0 Å². The van der Waals surface area contributed by atoms with Gasteiger partial charge in [-0.25, -0.2) is 14.8 Å². The highest BCUT2D eigenvalue weighted by Crippen LogP contribution is 2.34. The third-order valence-corrected chi connectivity index (χ3v) is 7.84. The molecule has 1 fully saturated rings. The number of aromatic nitrogens is 3. The first-order valence-corrected chi connectivity index (χ1v) is 13.5. The molecule has 1 aliphatic heterocycles. The van der Waals surface area contributed by atoms with Gasteiger partial charge in [0.15, 0.2) is 0 Å². The maximum atomic E-state index is 13.5. The van der Waals surface area contributed by atoms with Gasteiger partial charge in [0.1, 0.15) is 12.0 Å². The molecule has 0 bridgehead atoms. The number of likely N-dealkylation sites (tertiary alicyclic amines) is 1. The Morgan fingerprint density at radius 1 is 1.00 bits per heavy atom. The third-order valence-electron chi connectivity index (χ3n) is 6.84. The molecule has 0 unspecified atom stereocenters. The standard InChI is InChI=1S/C29H23F3N4O4S/c30-29(31,32)20-7-5-18(6-8-20)22-3-1-2-4-23(22)27(39)35-13-11-19(12-14-35)26-34-24(16-41-26)28(40)36-17-33-15-21(36)9-10-25(37)38/h1-10,15-17,19H,11-14H2,(H,37,38)/b10-9+. The zero-order chi connectivity index (χ0) is 29.1. The Kier molecular flexibility index (Phi) is 7.84. The van der Waals surface area contributed by atoms with Crippen molar-refractivity contribution in [3.63, 3.8) is 0 Å². The Hall–Kier alpha value is -4.58. The predicted octanol–water partition coefficient (Wildman–Crippen LogP) is 5.83. The number of amides is 1. The van der Waals surface area contributed by atoms with Gasteiger partial charge in [-0.15, -0.1) is 11.3 Å². The van der Waals surface area contributed by atoms with Crippen molar-refractivity contribution in [3.05, 3.63) is 100 Å². The van der Waals surface area contributed by atoms with Crippen molar-refractivity contribution in [2.45, 2.75) is 24.9 Å². The highest BCUT2D eigenvalue weighted by atomic mass is 32.1. The summed E-state index contributed by atoms with van der Waals surface area (Å²) in [5.41, 5.74) is 1.29. The van der Waals surface area contributed by atoms with Crippen molar-refractivity contribution in [1.29, 1.82) is 0 Å². The summed E-state index contributed by atoms with van der Waals surface area (Å²) in [4.78, 5) is 47.4. The van der Waals surface area contributed by atoms with E-state index < -0.39 is 23.6 Å². The van der Waals surface area contributed by atoms with Gasteiger partial charge in [-0.1, -0.05) is 30.3 Å². The summed E-state index contributed by atoms with van der Waals surface area (Å²) < 4.78 is 40.2. The topological polar surface area (TPSA) is 105 Å². The van der Waals surface area contributed by atoms with Crippen LogP contribution in [0.2, 0.25) is 0 Å². The number of carbonyl (C=O) groups is 3. The van der Waals surface area contributed by atoms with E-state index in [9.17, 15) is 27.6 Å². The van der Waals surface area contributed by atoms with Crippen LogP contribution in [0.15, 0.2) is 72.5 Å². The second kappa shape index (κ2) is 11.5. The first-order valence-electron chi connectivity index (χ1n) is 12.6. The zero-order valence-electron chi connectivity index (χ0n) is 21.4. The molecule has 8 nitrogen and oxygen atoms in total. The lowest BCUT2D eigenvalue weighted by Crippen LogP contribution is -2.38. The lowest BCUT2D eigenvalue weighted by molar-refractivity contribution is -0.137. The molecule has 41 heavy (non-hydrogen) atoms. The SMILES string of the molecule is O=C(O)/C=C/c1cncn1C(=O)c1csc(C2CCN(C(=O)c3ccccc3-c3ccc(C(F)(F)F)cc3)CC2)n1. The first kappa shape index (κ1) is 28.0. The number of aliphatic carboxylic acids is 1. The molecule has 1 N–H and O–H groups in total. The lowest BCUT2D eigenvalue weighted by atomic mass is 9.94. The molecule has 1 aliphatic rings. The van der Waals surface area contributed by atoms with Gasteiger partial charge in [0.2, 0.25) is 0 Å². The van der Waals surface area contributed by atoms with Gasteiger partial charge in [0.05, 0.1) is 22.5 Å². The number of imidazole rings is 1. The summed E-state index contributed by atoms with van der Waals surface area (Å²) in [7, 11) is 0. The third kappa shape index (κ3) is 6.12. The molecule has 1 saturated heterocycles. The smallest absolute Gasteiger partial charge is 0.416 e. The van der Waals surface area contributed by atoms with Crippen LogP contribution >= 0.6 is 11.3 Å². The Balaban J connectivity index is 1.26. The van der Waals surface area contributed by atoms with E-state index in [4.69, 9.17) is 5.11 Å². The lowest BCUT2D eigenvalue weighted by Gasteiger charge is -2.31. The minimum atomic E-state index is -4.44. The van der Waals surface area contributed by atoms with Gasteiger partial charge in [0.25, 0.3) is 11.8 Å². The van der Waals surface area contributed by atoms with Crippen LogP contribution in [-0.4, -0.2) is 55.4 Å². The number of hydrogen-bond acceptors (Lipinski definition) is 6. The summed E-state index contributed by atoms with van der Waals surface area (Å²) in [5, 5.41) is 11.3. The normalized spacial score (nSPS) is 14.5. The maximum Gasteiger partial charge on any atom is 0.416 e. The number of hydrogen-bond donors (Lipinski definition) is 1. The molecule has 2 aromatic heterocycles. The van der Waals surface area contributed by atoms with Gasteiger partial charge in [-0.05, 0) is 48.2 Å². The average Bonchev–Trinajstić information content (AvgIpc) is 3.65. The Morgan fingerprint density at radius 2 is 1.71 bits per heavy atom. The van der Waals surface area contributed by atoms with Crippen LogP contribution in [0, 0.1) is 0 Å². The maximum absolute atomic E-state index is 13.5. The molecule has 0 atom stereocenters. The van der Waals surface area contributed by atoms with E-state index in [1.54, 1.807) is 34.5 Å². The largest absolute Gasteiger partial charge is 0.478 e. The highest BCUT2D eigenvalue weighted by Gasteiger charge is 2.31. The van der Waals surface area contributed by atoms with Crippen LogP contribution in [0.25, 0.3) is 17.2 Å². The van der Waals surface area contributed by atoms with E-state index in [-0.39, 0.29) is 17.5 Å². The Labute approximate surface area is 236 Å². The number of nitrogens with zero attached hydrogens (tertiary/aromatic N) is 4. The fraction of sp³-hybridized carbons (Fsp3) is 0.207. The van der Waals surface area contributed by atoms with E-state index in [1.165, 1.54) is 46.6 Å². The van der Waals surface area contributed by atoms with Crippen LogP contribution in [0.4, 0.5) is 13.2 Å². The minimum absolute atomic E-state index is 0.0462. The molecule has 3 heterocycles. The number of alkyl halides is 3. The summed E-state index contributed by atoms with van der Waals surface area (Å²) in [6.07, 6.45) is 1.71. The first-order chi connectivity index (χ1) is 19.6. The van der Waals surface area contributed by atoms with Crippen molar-refractivity contribution in [2.75, 3.05) is 13.1 Å². The van der Waals surface area contributed by atoms with Gasteiger partial charge in [0, 0.05) is 36.0 Å². The molecule has 12 heteroatoms. The van der Waals surface area contributed by atoms with Gasteiger partial charge < -0.3 is 10.0 Å². The quantitative estimate of drug-likeness (QED) is 0.288. The highest BCUT2D eigenvalue weighted by molar-refractivity contribution is 7.09. The number of thiazole rings is 1. The number of piperidine rings is 1. The number of carbonyl (C=O) groups excluding carboxylic acids is 2. The van der Waals surface area contributed by atoms with Crippen molar-refractivity contribution < 1.29 is 32.7 Å². The summed E-state index contributed by atoms with van der Waals surface area (Å²) in [5.74, 6) is -1.72. The summed E-state index contributed by atoms with van der Waals surface area (Å²) in [6, 6.07) is 11.6.